The number of hydrogen-bond donors (Lipinski definition) is 0. The molecular weight excluding hydrogens is 262 g/mol. The molecule has 14 heavy (non-hydrogen) atoms. The van der Waals surface area contributed by atoms with Crippen molar-refractivity contribution in [1.29, 1.82) is 0 Å². The maximum atomic E-state index is 4.13. The van der Waals surface area contributed by atoms with E-state index in [2.05, 4.69) is 44.9 Å². The minimum atomic E-state index is 0.498. The van der Waals surface area contributed by atoms with Gasteiger partial charge in [-0.2, -0.15) is 0 Å². The Hall–Kier alpha value is -0.160. The molecule has 2 heterocycles. The second-order valence-corrected chi connectivity index (χ2v) is 6.72. The summed E-state index contributed by atoms with van der Waals surface area (Å²) in [5.74, 6) is 0. The fourth-order valence-electron chi connectivity index (χ4n) is 1.63. The fourth-order valence-corrected chi connectivity index (χ4v) is 2.77. The van der Waals surface area contributed by atoms with E-state index in [4.69, 9.17) is 0 Å². The highest BCUT2D eigenvalue weighted by Crippen LogP contribution is 2.33. The zero-order valence-electron chi connectivity index (χ0n) is 8.46. The molecule has 0 unspecified atom stereocenters. The van der Waals surface area contributed by atoms with Crippen LogP contribution in [0.5, 0.6) is 0 Å². The number of nitrogens with zero attached hydrogens (tertiary/aromatic N) is 3. The first-order valence-corrected chi connectivity index (χ1v) is 6.42. The van der Waals surface area contributed by atoms with E-state index >= 15 is 0 Å². The molecule has 0 bridgehead atoms. The van der Waals surface area contributed by atoms with Crippen LogP contribution in [0.25, 0.3) is 0 Å². The van der Waals surface area contributed by atoms with Crippen LogP contribution in [-0.2, 0) is 0 Å². The summed E-state index contributed by atoms with van der Waals surface area (Å²) in [6, 6.07) is 0. The second kappa shape index (κ2) is 3.77. The van der Waals surface area contributed by atoms with Crippen LogP contribution in [0.3, 0.4) is 0 Å². The number of piperidine rings is 1. The third-order valence-corrected chi connectivity index (χ3v) is 4.19. The highest BCUT2D eigenvalue weighted by molar-refractivity contribution is 9.11. The summed E-state index contributed by atoms with van der Waals surface area (Å²) in [6.07, 6.45) is 2.48. The molecule has 0 amide bonds. The van der Waals surface area contributed by atoms with Crippen LogP contribution in [0.4, 0.5) is 5.13 Å². The summed E-state index contributed by atoms with van der Waals surface area (Å²) in [5.41, 5.74) is 0.498. The van der Waals surface area contributed by atoms with Crippen LogP contribution in [0.2, 0.25) is 0 Å². The van der Waals surface area contributed by atoms with E-state index in [-0.39, 0.29) is 0 Å². The van der Waals surface area contributed by atoms with Crippen LogP contribution in [0, 0.1) is 5.41 Å². The van der Waals surface area contributed by atoms with Gasteiger partial charge in [0.25, 0.3) is 0 Å². The lowest BCUT2D eigenvalue weighted by atomic mass is 9.83. The Morgan fingerprint density at radius 1 is 1.29 bits per heavy atom. The molecule has 78 valence electrons. The van der Waals surface area contributed by atoms with Gasteiger partial charge < -0.3 is 4.90 Å². The van der Waals surface area contributed by atoms with Crippen molar-refractivity contribution < 1.29 is 0 Å². The van der Waals surface area contributed by atoms with Crippen LogP contribution in [0.15, 0.2) is 3.92 Å². The van der Waals surface area contributed by atoms with Crippen molar-refractivity contribution in [2.45, 2.75) is 26.7 Å². The molecule has 2 rings (SSSR count). The highest BCUT2D eigenvalue weighted by atomic mass is 79.9. The van der Waals surface area contributed by atoms with E-state index in [0.29, 0.717) is 5.41 Å². The van der Waals surface area contributed by atoms with Crippen molar-refractivity contribution in [2.75, 3.05) is 18.0 Å². The number of rotatable bonds is 1. The molecule has 1 aliphatic heterocycles. The second-order valence-electron chi connectivity index (χ2n) is 4.49. The van der Waals surface area contributed by atoms with E-state index in [9.17, 15) is 0 Å². The Labute approximate surface area is 96.7 Å². The van der Waals surface area contributed by atoms with Gasteiger partial charge in [0, 0.05) is 13.1 Å². The average molecular weight is 276 g/mol. The van der Waals surface area contributed by atoms with Gasteiger partial charge in [-0.25, -0.2) is 0 Å². The molecule has 1 aromatic heterocycles. The van der Waals surface area contributed by atoms with Gasteiger partial charge in [-0.15, -0.1) is 10.2 Å². The summed E-state index contributed by atoms with van der Waals surface area (Å²) < 4.78 is 0.873. The van der Waals surface area contributed by atoms with E-state index in [1.165, 1.54) is 12.8 Å². The molecule has 1 fully saturated rings. The van der Waals surface area contributed by atoms with Crippen molar-refractivity contribution in [2.24, 2.45) is 5.41 Å². The Morgan fingerprint density at radius 2 is 1.93 bits per heavy atom. The highest BCUT2D eigenvalue weighted by Gasteiger charge is 2.26. The molecule has 0 saturated carbocycles. The molecule has 3 nitrogen and oxygen atoms in total. The Bertz CT molecular complexity index is 314. The van der Waals surface area contributed by atoms with Crippen molar-refractivity contribution in [3.63, 3.8) is 0 Å². The average Bonchev–Trinajstić information content (AvgIpc) is 2.52. The monoisotopic (exact) mass is 275 g/mol. The van der Waals surface area contributed by atoms with Gasteiger partial charge >= 0.3 is 0 Å². The summed E-state index contributed by atoms with van der Waals surface area (Å²) >= 11 is 4.95. The van der Waals surface area contributed by atoms with Crippen LogP contribution >= 0.6 is 27.3 Å². The fraction of sp³-hybridized carbons (Fsp3) is 0.778. The predicted molar refractivity (Wildman–Crippen MR) is 62.8 cm³/mol. The summed E-state index contributed by atoms with van der Waals surface area (Å²) in [6.45, 7) is 6.88. The topological polar surface area (TPSA) is 29.0 Å². The van der Waals surface area contributed by atoms with Crippen molar-refractivity contribution in [1.82, 2.24) is 10.2 Å². The van der Waals surface area contributed by atoms with Crippen LogP contribution in [0.1, 0.15) is 26.7 Å². The first kappa shape index (κ1) is 10.4. The molecule has 0 atom stereocenters. The van der Waals surface area contributed by atoms with Gasteiger partial charge in [-0.3, -0.25) is 0 Å². The van der Waals surface area contributed by atoms with Gasteiger partial charge in [-0.1, -0.05) is 25.2 Å². The first-order chi connectivity index (χ1) is 6.57. The zero-order valence-corrected chi connectivity index (χ0v) is 10.9. The van der Waals surface area contributed by atoms with Crippen molar-refractivity contribution >= 4 is 32.4 Å². The molecule has 0 aromatic carbocycles. The van der Waals surface area contributed by atoms with Crippen molar-refractivity contribution in [3.05, 3.63) is 3.92 Å². The third-order valence-electron chi connectivity index (χ3n) is 2.78. The largest absolute Gasteiger partial charge is 0.347 e. The van der Waals surface area contributed by atoms with Crippen molar-refractivity contribution in [3.8, 4) is 0 Å². The Kier molecular flexibility index (Phi) is 2.79. The SMILES string of the molecule is CC1(C)CCN(c2nnc(Br)s2)CC1. The molecule has 1 aromatic rings. The molecule has 0 N–H and O–H groups in total. The molecule has 0 radical (unpaired) electrons. The van der Waals surface area contributed by atoms with Gasteiger partial charge in [0.15, 0.2) is 3.92 Å². The van der Waals surface area contributed by atoms with E-state index < -0.39 is 0 Å². The van der Waals surface area contributed by atoms with Gasteiger partial charge in [-0.05, 0) is 34.2 Å². The standard InChI is InChI=1S/C9H14BrN3S/c1-9(2)3-5-13(6-4-9)8-12-11-7(10)14-8/h3-6H2,1-2H3. The minimum absolute atomic E-state index is 0.498. The summed E-state index contributed by atoms with van der Waals surface area (Å²) in [5, 5.41) is 9.15. The Morgan fingerprint density at radius 3 is 2.43 bits per heavy atom. The van der Waals surface area contributed by atoms with Crippen LogP contribution < -0.4 is 4.90 Å². The third kappa shape index (κ3) is 2.25. The zero-order chi connectivity index (χ0) is 10.2. The van der Waals surface area contributed by atoms with E-state index in [1.54, 1.807) is 11.3 Å². The predicted octanol–water partition coefficient (Wildman–Crippen LogP) is 2.93. The maximum Gasteiger partial charge on any atom is 0.209 e. The van der Waals surface area contributed by atoms with Gasteiger partial charge in [0.1, 0.15) is 0 Å². The minimum Gasteiger partial charge on any atom is -0.347 e. The number of halogens is 1. The van der Waals surface area contributed by atoms with Gasteiger partial charge in [0.2, 0.25) is 5.13 Å². The molecule has 0 aliphatic carbocycles. The molecule has 5 heteroatoms. The Balaban J connectivity index is 2.02. The normalized spacial score (nSPS) is 21.2. The molecule has 1 saturated heterocycles. The lowest BCUT2D eigenvalue weighted by molar-refractivity contribution is 0.279. The lowest BCUT2D eigenvalue weighted by Gasteiger charge is -2.36. The number of anilines is 1. The molecule has 0 spiro atoms. The quantitative estimate of drug-likeness (QED) is 0.789. The molecule has 1 aliphatic rings. The maximum absolute atomic E-state index is 4.13. The summed E-state index contributed by atoms with van der Waals surface area (Å²) in [4.78, 5) is 2.33. The van der Waals surface area contributed by atoms with Crippen LogP contribution in [-0.4, -0.2) is 23.3 Å². The smallest absolute Gasteiger partial charge is 0.209 e. The number of hydrogen-bond acceptors (Lipinski definition) is 4. The van der Waals surface area contributed by atoms with Gasteiger partial charge in [0.05, 0.1) is 0 Å². The first-order valence-electron chi connectivity index (χ1n) is 4.81. The van der Waals surface area contributed by atoms with E-state index in [0.717, 1.165) is 22.1 Å². The summed E-state index contributed by atoms with van der Waals surface area (Å²) in [7, 11) is 0. The van der Waals surface area contributed by atoms with E-state index in [1.807, 2.05) is 0 Å². The molecular formula is C9H14BrN3S. The lowest BCUT2D eigenvalue weighted by Crippen LogP contribution is -2.37. The number of aromatic nitrogens is 2.